The molecule has 14 heavy (non-hydrogen) atoms. The predicted octanol–water partition coefficient (Wildman–Crippen LogP) is 0.741. The van der Waals surface area contributed by atoms with Gasteiger partial charge in [0.15, 0.2) is 11.5 Å². The third-order valence-electron chi connectivity index (χ3n) is 2.03. The van der Waals surface area contributed by atoms with Gasteiger partial charge in [0.05, 0.1) is 12.6 Å². The van der Waals surface area contributed by atoms with E-state index < -0.39 is 0 Å². The van der Waals surface area contributed by atoms with Gasteiger partial charge in [0.25, 0.3) is 0 Å². The molecular formula is C10H15NO3. The second-order valence-electron chi connectivity index (χ2n) is 3.04. The maximum Gasteiger partial charge on any atom is 0.157 e. The summed E-state index contributed by atoms with van der Waals surface area (Å²) in [6.45, 7) is 2.62. The van der Waals surface area contributed by atoms with E-state index >= 15 is 0 Å². The number of aromatic hydroxyl groups is 2. The molecule has 4 N–H and O–H groups in total. The van der Waals surface area contributed by atoms with Crippen molar-refractivity contribution in [3.63, 3.8) is 0 Å². The van der Waals surface area contributed by atoms with Crippen molar-refractivity contribution in [2.24, 2.45) is 0 Å². The average molecular weight is 197 g/mol. The normalized spacial score (nSPS) is 12.7. The second-order valence-corrected chi connectivity index (χ2v) is 3.04. The van der Waals surface area contributed by atoms with Crippen LogP contribution in [0, 0.1) is 0 Å². The molecule has 1 aromatic carbocycles. The van der Waals surface area contributed by atoms with Gasteiger partial charge in [-0.25, -0.2) is 0 Å². The molecular weight excluding hydrogens is 182 g/mol. The first-order valence-electron chi connectivity index (χ1n) is 4.55. The number of nitrogens with one attached hydrogen (secondary N) is 1. The fourth-order valence-electron chi connectivity index (χ4n) is 1.29. The number of aliphatic hydroxyl groups is 1. The Morgan fingerprint density at radius 2 is 2.00 bits per heavy atom. The molecule has 78 valence electrons. The highest BCUT2D eigenvalue weighted by atomic mass is 16.3. The summed E-state index contributed by atoms with van der Waals surface area (Å²) in [6.07, 6.45) is 0. The molecule has 0 aliphatic carbocycles. The van der Waals surface area contributed by atoms with Gasteiger partial charge >= 0.3 is 0 Å². The van der Waals surface area contributed by atoms with Gasteiger partial charge in [0, 0.05) is 0 Å². The average Bonchev–Trinajstić information content (AvgIpc) is 2.19. The number of hydrogen-bond acceptors (Lipinski definition) is 4. The van der Waals surface area contributed by atoms with Crippen molar-refractivity contribution in [3.05, 3.63) is 23.8 Å². The molecule has 1 atom stereocenters. The Hall–Kier alpha value is -1.26. The van der Waals surface area contributed by atoms with Crippen LogP contribution in [0.3, 0.4) is 0 Å². The van der Waals surface area contributed by atoms with E-state index in [1.165, 1.54) is 12.1 Å². The lowest BCUT2D eigenvalue weighted by atomic mass is 10.1. The molecule has 0 bridgehead atoms. The Balaban J connectivity index is 2.88. The molecule has 1 aromatic rings. The number of rotatable bonds is 4. The predicted molar refractivity (Wildman–Crippen MR) is 53.3 cm³/mol. The minimum Gasteiger partial charge on any atom is -0.504 e. The molecule has 0 aliphatic rings. The summed E-state index contributed by atoms with van der Waals surface area (Å²) in [5, 5.41) is 30.5. The fourth-order valence-corrected chi connectivity index (χ4v) is 1.29. The Kier molecular flexibility index (Phi) is 3.73. The van der Waals surface area contributed by atoms with Crippen molar-refractivity contribution in [2.45, 2.75) is 13.0 Å². The van der Waals surface area contributed by atoms with Gasteiger partial charge < -0.3 is 20.6 Å². The van der Waals surface area contributed by atoms with E-state index in [-0.39, 0.29) is 24.1 Å². The maximum absolute atomic E-state index is 9.25. The van der Waals surface area contributed by atoms with E-state index in [1.54, 1.807) is 6.07 Å². The highest BCUT2D eigenvalue weighted by molar-refractivity contribution is 5.41. The molecule has 4 nitrogen and oxygen atoms in total. The third kappa shape index (κ3) is 2.37. The highest BCUT2D eigenvalue weighted by Gasteiger charge is 2.10. The molecule has 4 heteroatoms. The molecule has 1 unspecified atom stereocenters. The van der Waals surface area contributed by atoms with Gasteiger partial charge in [0.2, 0.25) is 0 Å². The van der Waals surface area contributed by atoms with Crippen LogP contribution in [0.2, 0.25) is 0 Å². The molecule has 0 radical (unpaired) electrons. The van der Waals surface area contributed by atoms with Crippen LogP contribution in [0.15, 0.2) is 18.2 Å². The van der Waals surface area contributed by atoms with Gasteiger partial charge in [-0.05, 0) is 24.2 Å². The van der Waals surface area contributed by atoms with Gasteiger partial charge in [-0.15, -0.1) is 0 Å². The first kappa shape index (κ1) is 10.8. The molecule has 1 rings (SSSR count). The first-order chi connectivity index (χ1) is 6.69. The van der Waals surface area contributed by atoms with Crippen molar-refractivity contribution in [1.82, 2.24) is 5.32 Å². The lowest BCUT2D eigenvalue weighted by Crippen LogP contribution is -2.23. The fraction of sp³-hybridized carbons (Fsp3) is 0.400. The summed E-state index contributed by atoms with van der Waals surface area (Å²) in [7, 11) is 0. The lowest BCUT2D eigenvalue weighted by Gasteiger charge is -2.15. The van der Waals surface area contributed by atoms with Crippen LogP contribution < -0.4 is 5.32 Å². The summed E-state index contributed by atoms with van der Waals surface area (Å²) < 4.78 is 0. The second kappa shape index (κ2) is 4.83. The molecule has 0 aliphatic heterocycles. The number of phenolic OH excluding ortho intramolecular Hbond substituents is 2. The molecule has 0 amide bonds. The van der Waals surface area contributed by atoms with E-state index in [2.05, 4.69) is 5.32 Å². The summed E-state index contributed by atoms with van der Waals surface area (Å²) in [4.78, 5) is 0. The van der Waals surface area contributed by atoms with Crippen LogP contribution in [0.4, 0.5) is 0 Å². The van der Waals surface area contributed by atoms with E-state index in [0.29, 0.717) is 0 Å². The standard InChI is InChI=1S/C10H15NO3/c1-2-11-8(6-12)7-3-4-9(13)10(14)5-7/h3-5,8,11-14H,2,6H2,1H3. The zero-order chi connectivity index (χ0) is 10.6. The lowest BCUT2D eigenvalue weighted by molar-refractivity contribution is 0.246. The van der Waals surface area contributed by atoms with Crippen molar-refractivity contribution >= 4 is 0 Å². The Bertz CT molecular complexity index is 301. The minimum atomic E-state index is -0.202. The number of aliphatic hydroxyl groups excluding tert-OH is 1. The zero-order valence-corrected chi connectivity index (χ0v) is 8.07. The molecule has 0 heterocycles. The SMILES string of the molecule is CCNC(CO)c1ccc(O)c(O)c1. The van der Waals surface area contributed by atoms with Crippen LogP contribution in [-0.2, 0) is 0 Å². The smallest absolute Gasteiger partial charge is 0.157 e. The number of phenols is 2. The Labute approximate surface area is 82.8 Å². The molecule has 0 saturated heterocycles. The molecule has 0 fully saturated rings. The summed E-state index contributed by atoms with van der Waals surface area (Å²) in [5.74, 6) is -0.319. The number of benzene rings is 1. The van der Waals surface area contributed by atoms with Gasteiger partial charge in [-0.3, -0.25) is 0 Å². The van der Waals surface area contributed by atoms with Crippen LogP contribution in [0.1, 0.15) is 18.5 Å². The topological polar surface area (TPSA) is 72.7 Å². The monoisotopic (exact) mass is 197 g/mol. The van der Waals surface area contributed by atoms with Crippen molar-refractivity contribution in [1.29, 1.82) is 0 Å². The minimum absolute atomic E-state index is 0.0436. The Morgan fingerprint density at radius 1 is 1.29 bits per heavy atom. The molecule has 0 aromatic heterocycles. The van der Waals surface area contributed by atoms with Crippen LogP contribution >= 0.6 is 0 Å². The van der Waals surface area contributed by atoms with E-state index in [0.717, 1.165) is 12.1 Å². The summed E-state index contributed by atoms with van der Waals surface area (Å²) in [6, 6.07) is 4.31. The summed E-state index contributed by atoms with van der Waals surface area (Å²) in [5.41, 5.74) is 0.754. The van der Waals surface area contributed by atoms with E-state index in [9.17, 15) is 5.11 Å². The van der Waals surface area contributed by atoms with Crippen molar-refractivity contribution in [2.75, 3.05) is 13.2 Å². The third-order valence-corrected chi connectivity index (χ3v) is 2.03. The largest absolute Gasteiger partial charge is 0.504 e. The van der Waals surface area contributed by atoms with Gasteiger partial charge in [0.1, 0.15) is 0 Å². The molecule has 0 spiro atoms. The Morgan fingerprint density at radius 3 is 2.50 bits per heavy atom. The first-order valence-corrected chi connectivity index (χ1v) is 4.55. The van der Waals surface area contributed by atoms with Gasteiger partial charge in [-0.2, -0.15) is 0 Å². The van der Waals surface area contributed by atoms with E-state index in [1.807, 2.05) is 6.92 Å². The van der Waals surface area contributed by atoms with Crippen LogP contribution in [-0.4, -0.2) is 28.5 Å². The maximum atomic E-state index is 9.25. The number of likely N-dealkylation sites (N-methyl/N-ethyl adjacent to an activating group) is 1. The van der Waals surface area contributed by atoms with Crippen LogP contribution in [0.25, 0.3) is 0 Å². The van der Waals surface area contributed by atoms with Gasteiger partial charge in [-0.1, -0.05) is 13.0 Å². The quantitative estimate of drug-likeness (QED) is 0.537. The summed E-state index contributed by atoms with van der Waals surface area (Å²) >= 11 is 0. The zero-order valence-electron chi connectivity index (χ0n) is 8.07. The highest BCUT2D eigenvalue weighted by Crippen LogP contribution is 2.27. The number of hydrogen-bond donors (Lipinski definition) is 4. The van der Waals surface area contributed by atoms with E-state index in [4.69, 9.17) is 10.2 Å². The van der Waals surface area contributed by atoms with Crippen molar-refractivity contribution in [3.8, 4) is 11.5 Å². The molecule has 0 saturated carbocycles. The van der Waals surface area contributed by atoms with Crippen LogP contribution in [0.5, 0.6) is 11.5 Å². The van der Waals surface area contributed by atoms with Crippen molar-refractivity contribution < 1.29 is 15.3 Å².